The lowest BCUT2D eigenvalue weighted by Gasteiger charge is -2.06. The Bertz CT molecular complexity index is 906. The first-order valence-corrected chi connectivity index (χ1v) is 9.26. The third kappa shape index (κ3) is 3.82. The maximum absolute atomic E-state index is 12.2. The number of nitrogens with zero attached hydrogens (tertiary/aromatic N) is 2. The Balaban J connectivity index is 1.76. The average molecular weight is 345 g/mol. The molecule has 3 rings (SSSR count). The van der Waals surface area contributed by atoms with Crippen molar-refractivity contribution < 1.29 is 8.42 Å². The smallest absolute Gasteiger partial charge is 0.250 e. The predicted octanol–water partition coefficient (Wildman–Crippen LogP) is 2.99. The van der Waals surface area contributed by atoms with E-state index >= 15 is 0 Å². The van der Waals surface area contributed by atoms with Crippen LogP contribution in [0, 0.1) is 6.92 Å². The molecule has 0 atom stereocenters. The number of pyridine rings is 2. The highest BCUT2D eigenvalue weighted by Crippen LogP contribution is 2.21. The van der Waals surface area contributed by atoms with Crippen LogP contribution in [-0.4, -0.2) is 18.4 Å². The first kappa shape index (κ1) is 15.8. The van der Waals surface area contributed by atoms with Crippen molar-refractivity contribution in [2.24, 2.45) is 0 Å². The molecule has 7 heteroatoms. The Kier molecular flexibility index (Phi) is 4.51. The Labute approximate surface area is 139 Å². The minimum atomic E-state index is -3.48. The number of hydrogen-bond donors (Lipinski definition) is 1. The zero-order valence-electron chi connectivity index (χ0n) is 12.4. The summed E-state index contributed by atoms with van der Waals surface area (Å²) in [6.45, 7) is 2.10. The van der Waals surface area contributed by atoms with Gasteiger partial charge in [0.15, 0.2) is 0 Å². The van der Waals surface area contributed by atoms with E-state index in [0.717, 1.165) is 21.7 Å². The van der Waals surface area contributed by atoms with Gasteiger partial charge in [-0.25, -0.2) is 13.1 Å². The third-order valence-corrected chi connectivity index (χ3v) is 6.12. The van der Waals surface area contributed by atoms with Crippen LogP contribution in [0.25, 0.3) is 11.3 Å². The van der Waals surface area contributed by atoms with Crippen LogP contribution in [0.2, 0.25) is 0 Å². The van der Waals surface area contributed by atoms with Gasteiger partial charge in [-0.3, -0.25) is 9.97 Å². The number of rotatable bonds is 5. The maximum atomic E-state index is 12.2. The molecule has 0 aliphatic carbocycles. The Morgan fingerprint density at radius 3 is 2.74 bits per heavy atom. The normalized spacial score (nSPS) is 11.5. The number of aryl methyl sites for hydroxylation is 1. The van der Waals surface area contributed by atoms with E-state index < -0.39 is 10.0 Å². The summed E-state index contributed by atoms with van der Waals surface area (Å²) in [5, 5.41) is 0. The quantitative estimate of drug-likeness (QED) is 0.771. The van der Waals surface area contributed by atoms with Gasteiger partial charge in [0.1, 0.15) is 4.21 Å². The van der Waals surface area contributed by atoms with Crippen LogP contribution in [0.4, 0.5) is 0 Å². The highest BCUT2D eigenvalue weighted by atomic mass is 32.2. The summed E-state index contributed by atoms with van der Waals surface area (Å²) in [7, 11) is -3.48. The van der Waals surface area contributed by atoms with Gasteiger partial charge < -0.3 is 0 Å². The van der Waals surface area contributed by atoms with E-state index in [1.54, 1.807) is 36.8 Å². The zero-order chi connectivity index (χ0) is 16.3. The molecular weight excluding hydrogens is 330 g/mol. The molecule has 3 heterocycles. The Hall–Kier alpha value is -2.09. The van der Waals surface area contributed by atoms with Gasteiger partial charge in [-0.15, -0.1) is 11.3 Å². The molecule has 0 saturated carbocycles. The number of sulfonamides is 1. The SMILES string of the molecule is Cc1ccc(S(=O)(=O)NCc2ccnc(-c3cccnc3)c2)s1. The number of thiophene rings is 1. The van der Waals surface area contributed by atoms with Gasteiger partial charge >= 0.3 is 0 Å². The van der Waals surface area contributed by atoms with Crippen molar-refractivity contribution in [3.63, 3.8) is 0 Å². The van der Waals surface area contributed by atoms with Crippen LogP contribution in [0.5, 0.6) is 0 Å². The molecule has 0 fully saturated rings. The second-order valence-electron chi connectivity index (χ2n) is 4.98. The minimum Gasteiger partial charge on any atom is -0.264 e. The van der Waals surface area contributed by atoms with Crippen LogP contribution in [0.3, 0.4) is 0 Å². The molecule has 5 nitrogen and oxygen atoms in total. The van der Waals surface area contributed by atoms with Gasteiger partial charge in [-0.2, -0.15) is 0 Å². The molecule has 0 aliphatic rings. The molecule has 3 aromatic heterocycles. The van der Waals surface area contributed by atoms with Crippen LogP contribution < -0.4 is 4.72 Å². The molecule has 1 N–H and O–H groups in total. The van der Waals surface area contributed by atoms with Gasteiger partial charge in [-0.05, 0) is 48.9 Å². The van der Waals surface area contributed by atoms with E-state index in [0.29, 0.717) is 4.21 Å². The molecule has 0 amide bonds. The van der Waals surface area contributed by atoms with E-state index in [9.17, 15) is 8.42 Å². The summed E-state index contributed by atoms with van der Waals surface area (Å²) < 4.78 is 27.4. The molecule has 0 aliphatic heterocycles. The molecule has 0 spiro atoms. The van der Waals surface area contributed by atoms with Gasteiger partial charge in [0, 0.05) is 35.6 Å². The summed E-state index contributed by atoms with van der Waals surface area (Å²) in [4.78, 5) is 9.33. The lowest BCUT2D eigenvalue weighted by atomic mass is 10.1. The van der Waals surface area contributed by atoms with Crippen molar-refractivity contribution in [1.82, 2.24) is 14.7 Å². The number of hydrogen-bond acceptors (Lipinski definition) is 5. The summed E-state index contributed by atoms with van der Waals surface area (Å²) in [5.74, 6) is 0. The number of aromatic nitrogens is 2. The van der Waals surface area contributed by atoms with Crippen molar-refractivity contribution in [1.29, 1.82) is 0 Å². The van der Waals surface area contributed by atoms with Crippen molar-refractivity contribution in [3.05, 3.63) is 65.4 Å². The van der Waals surface area contributed by atoms with Gasteiger partial charge in [0.05, 0.1) is 5.69 Å². The third-order valence-electron chi connectivity index (χ3n) is 3.23. The summed E-state index contributed by atoms with van der Waals surface area (Å²) >= 11 is 1.26. The lowest BCUT2D eigenvalue weighted by Crippen LogP contribution is -2.22. The molecule has 0 aromatic carbocycles. The maximum Gasteiger partial charge on any atom is 0.250 e. The zero-order valence-corrected chi connectivity index (χ0v) is 14.1. The largest absolute Gasteiger partial charge is 0.264 e. The number of nitrogens with one attached hydrogen (secondary N) is 1. The minimum absolute atomic E-state index is 0.217. The van der Waals surface area contributed by atoms with E-state index in [2.05, 4.69) is 14.7 Å². The summed E-state index contributed by atoms with van der Waals surface area (Å²) in [5.41, 5.74) is 2.50. The average Bonchev–Trinajstić information content (AvgIpc) is 3.02. The van der Waals surface area contributed by atoms with Crippen LogP contribution in [0.1, 0.15) is 10.4 Å². The van der Waals surface area contributed by atoms with Crippen LogP contribution >= 0.6 is 11.3 Å². The molecular formula is C16H15N3O2S2. The fourth-order valence-corrected chi connectivity index (χ4v) is 4.41. The van der Waals surface area contributed by atoms with Crippen LogP contribution in [0.15, 0.2) is 59.2 Å². The van der Waals surface area contributed by atoms with E-state index in [1.165, 1.54) is 11.3 Å². The van der Waals surface area contributed by atoms with E-state index in [1.807, 2.05) is 25.1 Å². The monoisotopic (exact) mass is 345 g/mol. The van der Waals surface area contributed by atoms with Gasteiger partial charge in [0.25, 0.3) is 0 Å². The van der Waals surface area contributed by atoms with Crippen LogP contribution in [-0.2, 0) is 16.6 Å². The Morgan fingerprint density at radius 1 is 1.17 bits per heavy atom. The highest BCUT2D eigenvalue weighted by Gasteiger charge is 2.15. The van der Waals surface area contributed by atoms with Crippen molar-refractivity contribution in [3.8, 4) is 11.3 Å². The first-order valence-electron chi connectivity index (χ1n) is 6.96. The molecule has 0 unspecified atom stereocenters. The predicted molar refractivity (Wildman–Crippen MR) is 90.5 cm³/mol. The summed E-state index contributed by atoms with van der Waals surface area (Å²) in [6.07, 6.45) is 5.09. The molecule has 23 heavy (non-hydrogen) atoms. The molecule has 0 bridgehead atoms. The van der Waals surface area contributed by atoms with E-state index in [-0.39, 0.29) is 6.54 Å². The molecule has 0 saturated heterocycles. The molecule has 0 radical (unpaired) electrons. The second-order valence-corrected chi connectivity index (χ2v) is 8.26. The fraction of sp³-hybridized carbons (Fsp3) is 0.125. The lowest BCUT2D eigenvalue weighted by molar-refractivity contribution is 0.583. The van der Waals surface area contributed by atoms with Crippen molar-refractivity contribution in [2.75, 3.05) is 0 Å². The van der Waals surface area contributed by atoms with Gasteiger partial charge in [0.2, 0.25) is 10.0 Å². The van der Waals surface area contributed by atoms with Crippen molar-refractivity contribution >= 4 is 21.4 Å². The second kappa shape index (κ2) is 6.57. The highest BCUT2D eigenvalue weighted by molar-refractivity contribution is 7.91. The fourth-order valence-electron chi connectivity index (χ4n) is 2.06. The topological polar surface area (TPSA) is 72.0 Å². The Morgan fingerprint density at radius 2 is 2.04 bits per heavy atom. The molecule has 3 aromatic rings. The molecule has 118 valence electrons. The van der Waals surface area contributed by atoms with E-state index in [4.69, 9.17) is 0 Å². The summed E-state index contributed by atoms with van der Waals surface area (Å²) in [6, 6.07) is 10.8. The standard InChI is InChI=1S/C16H15N3O2S2/c1-12-4-5-16(22-12)23(20,21)19-10-13-6-8-18-15(9-13)14-3-2-7-17-11-14/h2-9,11,19H,10H2,1H3. The first-order chi connectivity index (χ1) is 11.0. The van der Waals surface area contributed by atoms with Gasteiger partial charge in [-0.1, -0.05) is 0 Å². The van der Waals surface area contributed by atoms with Crippen molar-refractivity contribution in [2.45, 2.75) is 17.7 Å².